The molecule has 9 aromatic rings. The molecule has 0 N–H and O–H groups in total. The molecule has 10 rings (SSSR count). The predicted molar refractivity (Wildman–Crippen MR) is 197 cm³/mol. The van der Waals surface area contributed by atoms with Crippen molar-refractivity contribution in [1.29, 1.82) is 0 Å². The first-order valence-electron chi connectivity index (χ1n) is 16.2. The molecule has 0 aliphatic carbocycles. The average molecular weight is 641 g/mol. The van der Waals surface area contributed by atoms with Crippen molar-refractivity contribution in [3.8, 4) is 0 Å². The van der Waals surface area contributed by atoms with Crippen LogP contribution in [0.3, 0.4) is 0 Å². The third-order valence-electron chi connectivity index (χ3n) is 10.2. The van der Waals surface area contributed by atoms with Gasteiger partial charge < -0.3 is 0 Å². The Hall–Kier alpha value is -5.59. The molecule has 4 nitrogen and oxygen atoms in total. The maximum atomic E-state index is 16.8. The first-order chi connectivity index (χ1) is 23.5. The highest BCUT2D eigenvalue weighted by molar-refractivity contribution is 7.26. The average Bonchev–Trinajstić information content (AvgIpc) is 3.78. The first-order valence-corrected chi connectivity index (χ1v) is 17.0. The van der Waals surface area contributed by atoms with Crippen molar-refractivity contribution in [2.24, 2.45) is 0 Å². The molecular formula is C42H29FN4S. The number of alkyl halides is 1. The molecule has 0 fully saturated rings. The molecule has 0 amide bonds. The monoisotopic (exact) mass is 640 g/mol. The summed E-state index contributed by atoms with van der Waals surface area (Å²) in [5, 5.41) is 5.59. The van der Waals surface area contributed by atoms with E-state index in [1.54, 1.807) is 6.20 Å². The van der Waals surface area contributed by atoms with E-state index in [2.05, 4.69) is 88.8 Å². The Labute approximate surface area is 280 Å². The van der Waals surface area contributed by atoms with Crippen molar-refractivity contribution in [2.75, 3.05) is 4.90 Å². The SMILES string of the molecule is CC1(C)c2cccnc2N(c2cccc(C(F)c3ccc4c5ccccc5n5ccnc5c4c3)c2)c2c1ccc1c2sc2ccccc21. The minimum absolute atomic E-state index is 0.270. The molecule has 0 radical (unpaired) electrons. The smallest absolute Gasteiger partial charge is 0.150 e. The fraction of sp³-hybridized carbons (Fsp3) is 0.0952. The number of benzene rings is 5. The molecule has 5 heterocycles. The van der Waals surface area contributed by atoms with Gasteiger partial charge in [-0.25, -0.2) is 14.4 Å². The van der Waals surface area contributed by atoms with Gasteiger partial charge in [0.25, 0.3) is 0 Å². The van der Waals surface area contributed by atoms with Crippen LogP contribution in [-0.2, 0) is 5.41 Å². The summed E-state index contributed by atoms with van der Waals surface area (Å²) < 4.78 is 21.4. The quantitative estimate of drug-likeness (QED) is 0.180. The highest BCUT2D eigenvalue weighted by atomic mass is 32.1. The number of fused-ring (bicyclic) bond motifs is 12. The molecule has 1 atom stereocenters. The van der Waals surface area contributed by atoms with Crippen LogP contribution in [0.4, 0.5) is 21.6 Å². The Balaban J connectivity index is 1.16. The fourth-order valence-corrected chi connectivity index (χ4v) is 9.07. The number of pyridine rings is 2. The standard InChI is InChI=1S/C42H29FN4S/c1-42(2)33-19-18-31-30-12-4-6-15-36(30)48-39(31)38(33)47(41-34(42)13-8-20-44-41)27-10-7-9-25(23-27)37(43)26-16-17-28-29-11-3-5-14-35(29)46-22-21-45-40(46)32(28)24-26/h3-24,37H,1-2H3. The van der Waals surface area contributed by atoms with E-state index >= 15 is 4.39 Å². The fourth-order valence-electron chi connectivity index (χ4n) is 7.83. The Bertz CT molecular complexity index is 2760. The highest BCUT2D eigenvalue weighted by Crippen LogP contribution is 2.55. The maximum Gasteiger partial charge on any atom is 0.150 e. The lowest BCUT2D eigenvalue weighted by Gasteiger charge is -2.41. The van der Waals surface area contributed by atoms with Crippen molar-refractivity contribution in [3.63, 3.8) is 0 Å². The van der Waals surface area contributed by atoms with Crippen LogP contribution in [0.25, 0.3) is 47.5 Å². The normalized spacial score (nSPS) is 14.6. The molecule has 1 unspecified atom stereocenters. The largest absolute Gasteiger partial charge is 0.299 e. The second-order valence-electron chi connectivity index (χ2n) is 13.2. The lowest BCUT2D eigenvalue weighted by atomic mass is 9.74. The van der Waals surface area contributed by atoms with Crippen LogP contribution in [0.2, 0.25) is 0 Å². The van der Waals surface area contributed by atoms with Gasteiger partial charge in [-0.2, -0.15) is 0 Å². The van der Waals surface area contributed by atoms with E-state index in [0.29, 0.717) is 11.1 Å². The van der Waals surface area contributed by atoms with E-state index in [9.17, 15) is 0 Å². The van der Waals surface area contributed by atoms with E-state index in [0.717, 1.165) is 50.1 Å². The topological polar surface area (TPSA) is 33.4 Å². The molecular weight excluding hydrogens is 612 g/mol. The van der Waals surface area contributed by atoms with Gasteiger partial charge >= 0.3 is 0 Å². The van der Waals surface area contributed by atoms with E-state index in [4.69, 9.17) is 4.98 Å². The van der Waals surface area contributed by atoms with E-state index < -0.39 is 6.17 Å². The molecule has 1 aliphatic rings. The van der Waals surface area contributed by atoms with Crippen molar-refractivity contribution in [3.05, 3.63) is 156 Å². The van der Waals surface area contributed by atoms with Crippen LogP contribution in [-0.4, -0.2) is 14.4 Å². The molecule has 0 bridgehead atoms. The van der Waals surface area contributed by atoms with Gasteiger partial charge in [0.15, 0.2) is 6.17 Å². The van der Waals surface area contributed by atoms with Gasteiger partial charge in [-0.3, -0.25) is 9.30 Å². The van der Waals surface area contributed by atoms with E-state index in [-0.39, 0.29) is 5.41 Å². The summed E-state index contributed by atoms with van der Waals surface area (Å²) in [6.07, 6.45) is 4.30. The van der Waals surface area contributed by atoms with Gasteiger partial charge in [0.2, 0.25) is 0 Å². The van der Waals surface area contributed by atoms with Gasteiger partial charge in [0.05, 0.1) is 15.9 Å². The zero-order valence-corrected chi connectivity index (χ0v) is 27.2. The van der Waals surface area contributed by atoms with Crippen LogP contribution < -0.4 is 4.90 Å². The number of hydrogen-bond acceptors (Lipinski definition) is 4. The minimum Gasteiger partial charge on any atom is -0.299 e. The third-order valence-corrected chi connectivity index (χ3v) is 11.4. The Morgan fingerprint density at radius 2 is 1.48 bits per heavy atom. The number of aromatic nitrogens is 3. The van der Waals surface area contributed by atoms with Gasteiger partial charge in [-0.05, 0) is 58.5 Å². The molecule has 0 saturated carbocycles. The predicted octanol–water partition coefficient (Wildman–Crippen LogP) is 11.6. The van der Waals surface area contributed by atoms with E-state index in [1.807, 2.05) is 78.3 Å². The van der Waals surface area contributed by atoms with Gasteiger partial charge in [-0.1, -0.05) is 92.7 Å². The van der Waals surface area contributed by atoms with Crippen LogP contribution in [0.5, 0.6) is 0 Å². The molecule has 1 aliphatic heterocycles. The third kappa shape index (κ3) is 3.75. The zero-order valence-electron chi connectivity index (χ0n) is 26.4. The molecule has 4 aromatic heterocycles. The number of rotatable bonds is 3. The Kier molecular flexibility index (Phi) is 5.71. The number of thiophene rings is 1. The van der Waals surface area contributed by atoms with Gasteiger partial charge in [0.1, 0.15) is 11.5 Å². The van der Waals surface area contributed by atoms with E-state index in [1.165, 1.54) is 25.7 Å². The van der Waals surface area contributed by atoms with Crippen LogP contribution in [0.15, 0.2) is 134 Å². The van der Waals surface area contributed by atoms with Crippen LogP contribution >= 0.6 is 11.3 Å². The second-order valence-corrected chi connectivity index (χ2v) is 14.2. The van der Waals surface area contributed by atoms with Crippen LogP contribution in [0.1, 0.15) is 42.3 Å². The zero-order chi connectivity index (χ0) is 32.1. The molecule has 6 heteroatoms. The molecule has 5 aromatic carbocycles. The molecule has 0 saturated heterocycles. The number of imidazole rings is 1. The lowest BCUT2D eigenvalue weighted by molar-refractivity contribution is 0.402. The van der Waals surface area contributed by atoms with Crippen molar-refractivity contribution < 1.29 is 4.39 Å². The summed E-state index contributed by atoms with van der Waals surface area (Å²) >= 11 is 1.81. The first kappa shape index (κ1) is 27.5. The number of hydrogen-bond donors (Lipinski definition) is 0. The van der Waals surface area contributed by atoms with Crippen molar-refractivity contribution in [2.45, 2.75) is 25.4 Å². The van der Waals surface area contributed by atoms with Crippen molar-refractivity contribution >= 4 is 76.0 Å². The number of halogens is 1. The highest BCUT2D eigenvalue weighted by Gasteiger charge is 2.39. The minimum atomic E-state index is -1.33. The number of para-hydroxylation sites is 1. The Morgan fingerprint density at radius 1 is 0.667 bits per heavy atom. The molecule has 230 valence electrons. The lowest BCUT2D eigenvalue weighted by Crippen LogP contribution is -2.31. The summed E-state index contributed by atoms with van der Waals surface area (Å²) in [5.74, 6) is 0.881. The van der Waals surface area contributed by atoms with Crippen molar-refractivity contribution in [1.82, 2.24) is 14.4 Å². The van der Waals surface area contributed by atoms with Gasteiger partial charge in [-0.15, -0.1) is 11.3 Å². The van der Waals surface area contributed by atoms with Crippen LogP contribution in [0, 0.1) is 0 Å². The number of nitrogens with zero attached hydrogens (tertiary/aromatic N) is 4. The summed E-state index contributed by atoms with van der Waals surface area (Å²) in [7, 11) is 0. The maximum absolute atomic E-state index is 16.8. The summed E-state index contributed by atoms with van der Waals surface area (Å²) in [6, 6.07) is 39.4. The second kappa shape index (κ2) is 9.96. The summed E-state index contributed by atoms with van der Waals surface area (Å²) in [4.78, 5) is 11.9. The van der Waals surface area contributed by atoms with Gasteiger partial charge in [0, 0.05) is 61.5 Å². The molecule has 48 heavy (non-hydrogen) atoms. The molecule has 0 spiro atoms. The summed E-state index contributed by atoms with van der Waals surface area (Å²) in [6.45, 7) is 4.55. The number of anilines is 3. The summed E-state index contributed by atoms with van der Waals surface area (Å²) in [5.41, 5.74) is 7.23. The Morgan fingerprint density at radius 3 is 2.40 bits per heavy atom.